The summed E-state index contributed by atoms with van der Waals surface area (Å²) in [5, 5.41) is 3.16. The molecule has 0 fully saturated rings. The Hall–Kier alpha value is -0.380. The van der Waals surface area contributed by atoms with E-state index in [0.717, 1.165) is 21.6 Å². The van der Waals surface area contributed by atoms with Gasteiger partial charge >= 0.3 is 0 Å². The van der Waals surface area contributed by atoms with E-state index in [-0.39, 0.29) is 0 Å². The molecule has 0 aliphatic heterocycles. The average Bonchev–Trinajstić information content (AvgIpc) is 2.62. The van der Waals surface area contributed by atoms with E-state index in [1.54, 1.807) is 18.4 Å². The number of benzene rings is 1. The number of thiophene rings is 1. The third-order valence-electron chi connectivity index (χ3n) is 2.13. The van der Waals surface area contributed by atoms with Gasteiger partial charge in [0.05, 0.1) is 13.0 Å². The van der Waals surface area contributed by atoms with Crippen molar-refractivity contribution in [1.82, 2.24) is 0 Å². The first-order chi connectivity index (χ1) is 6.77. The molecule has 0 bridgehead atoms. The van der Waals surface area contributed by atoms with Crippen molar-refractivity contribution in [3.63, 3.8) is 0 Å². The van der Waals surface area contributed by atoms with Gasteiger partial charge in [-0.15, -0.1) is 35.6 Å². The van der Waals surface area contributed by atoms with Crippen LogP contribution in [0.3, 0.4) is 0 Å². The molecule has 0 spiro atoms. The monoisotopic (exact) mass is 244 g/mol. The molecule has 0 amide bonds. The van der Waals surface area contributed by atoms with E-state index in [1.165, 1.54) is 4.70 Å². The van der Waals surface area contributed by atoms with Crippen LogP contribution in [0.15, 0.2) is 22.4 Å². The Labute approximate surface area is 97.1 Å². The fourth-order valence-electron chi connectivity index (χ4n) is 1.47. The van der Waals surface area contributed by atoms with Gasteiger partial charge in [0.2, 0.25) is 0 Å². The van der Waals surface area contributed by atoms with Crippen LogP contribution in [-0.2, 0) is 5.88 Å². The largest absolute Gasteiger partial charge is 0.496 e. The number of alkyl halides is 1. The first-order valence-electron chi connectivity index (χ1n) is 4.10. The lowest BCUT2D eigenvalue weighted by atomic mass is 10.1. The van der Waals surface area contributed by atoms with Crippen molar-refractivity contribution >= 4 is 45.7 Å². The van der Waals surface area contributed by atoms with Gasteiger partial charge in [-0.25, -0.2) is 0 Å². The van der Waals surface area contributed by atoms with Gasteiger partial charge in [-0.2, -0.15) is 0 Å². The maximum Gasteiger partial charge on any atom is 0.133 e. The Balaban J connectivity index is 2.82. The Morgan fingerprint density at radius 2 is 2.36 bits per heavy atom. The molecule has 4 heteroatoms. The Morgan fingerprint density at radius 1 is 1.57 bits per heavy atom. The second-order valence-electron chi connectivity index (χ2n) is 2.87. The predicted molar refractivity (Wildman–Crippen MR) is 65.2 cm³/mol. The van der Waals surface area contributed by atoms with Crippen LogP contribution < -0.4 is 4.74 Å². The van der Waals surface area contributed by atoms with Gasteiger partial charge < -0.3 is 4.74 Å². The zero-order chi connectivity index (χ0) is 10.1. The lowest BCUT2D eigenvalue weighted by Crippen LogP contribution is -1.91. The van der Waals surface area contributed by atoms with Gasteiger partial charge in [-0.05, 0) is 17.5 Å². The molecule has 1 heterocycles. The van der Waals surface area contributed by atoms with E-state index in [9.17, 15) is 0 Å². The van der Waals surface area contributed by atoms with Crippen LogP contribution in [0.5, 0.6) is 5.75 Å². The fourth-order valence-corrected chi connectivity index (χ4v) is 3.05. The number of hydrogen-bond donors (Lipinski definition) is 1. The van der Waals surface area contributed by atoms with Crippen LogP contribution in [0.25, 0.3) is 10.1 Å². The zero-order valence-electron chi connectivity index (χ0n) is 7.58. The Morgan fingerprint density at radius 3 is 3.00 bits per heavy atom. The van der Waals surface area contributed by atoms with Crippen molar-refractivity contribution in [2.24, 2.45) is 0 Å². The molecule has 0 aliphatic carbocycles. The van der Waals surface area contributed by atoms with E-state index < -0.39 is 0 Å². The molecule has 0 unspecified atom stereocenters. The van der Waals surface area contributed by atoms with E-state index in [2.05, 4.69) is 12.6 Å². The third-order valence-corrected chi connectivity index (χ3v) is 3.66. The second-order valence-corrected chi connectivity index (χ2v) is 4.57. The molecule has 1 nitrogen and oxygen atoms in total. The molecule has 0 saturated heterocycles. The van der Waals surface area contributed by atoms with Gasteiger partial charge in [-0.3, -0.25) is 0 Å². The minimum Gasteiger partial charge on any atom is -0.496 e. The highest BCUT2D eigenvalue weighted by atomic mass is 35.5. The zero-order valence-corrected chi connectivity index (χ0v) is 10.0. The minimum atomic E-state index is 0.424. The van der Waals surface area contributed by atoms with Crippen molar-refractivity contribution in [2.75, 3.05) is 7.11 Å². The molecular weight excluding hydrogens is 236 g/mol. The van der Waals surface area contributed by atoms with Gasteiger partial charge in [0, 0.05) is 20.5 Å². The standard InChI is InChI=1S/C10H9ClOS2/c1-12-10-6-2-3-14-9(6)4-8(13)7(10)5-11/h2-4,13H,5H2,1H3. The Kier molecular flexibility index (Phi) is 2.91. The summed E-state index contributed by atoms with van der Waals surface area (Å²) in [4.78, 5) is 0.895. The van der Waals surface area contributed by atoms with Crippen LogP contribution in [-0.4, -0.2) is 7.11 Å². The van der Waals surface area contributed by atoms with E-state index >= 15 is 0 Å². The molecule has 74 valence electrons. The average molecular weight is 245 g/mol. The summed E-state index contributed by atoms with van der Waals surface area (Å²) < 4.78 is 6.54. The number of methoxy groups -OCH3 is 1. The summed E-state index contributed by atoms with van der Waals surface area (Å²) in [6.07, 6.45) is 0. The van der Waals surface area contributed by atoms with Crippen LogP contribution in [0, 0.1) is 0 Å². The second kappa shape index (κ2) is 4.01. The highest BCUT2D eigenvalue weighted by Gasteiger charge is 2.11. The van der Waals surface area contributed by atoms with Crippen molar-refractivity contribution in [1.29, 1.82) is 0 Å². The Bertz CT molecular complexity index is 464. The number of thiol groups is 1. The number of hydrogen-bond acceptors (Lipinski definition) is 3. The van der Waals surface area contributed by atoms with Crippen LogP contribution in [0.1, 0.15) is 5.56 Å². The summed E-state index contributed by atoms with van der Waals surface area (Å²) in [6.45, 7) is 0. The smallest absolute Gasteiger partial charge is 0.133 e. The normalized spacial score (nSPS) is 10.8. The summed E-state index contributed by atoms with van der Waals surface area (Å²) >= 11 is 11.9. The van der Waals surface area contributed by atoms with E-state index in [1.807, 2.05) is 17.5 Å². The molecule has 1 aromatic carbocycles. The number of fused-ring (bicyclic) bond motifs is 1. The number of ether oxygens (including phenoxy) is 1. The van der Waals surface area contributed by atoms with Crippen molar-refractivity contribution in [3.8, 4) is 5.75 Å². The molecule has 0 atom stereocenters. The molecule has 0 N–H and O–H groups in total. The SMILES string of the molecule is COc1c(CCl)c(S)cc2sccc12. The summed E-state index contributed by atoms with van der Waals surface area (Å²) in [7, 11) is 1.66. The third kappa shape index (κ3) is 1.49. The molecule has 1 aromatic heterocycles. The number of halogens is 1. The predicted octanol–water partition coefficient (Wildman–Crippen LogP) is 3.94. The van der Waals surface area contributed by atoms with Crippen LogP contribution in [0.4, 0.5) is 0 Å². The summed E-state index contributed by atoms with van der Waals surface area (Å²) in [5.41, 5.74) is 0.961. The van der Waals surface area contributed by atoms with Gasteiger partial charge in [0.1, 0.15) is 5.75 Å². The quantitative estimate of drug-likeness (QED) is 0.622. The fraction of sp³-hybridized carbons (Fsp3) is 0.200. The maximum atomic E-state index is 5.86. The molecule has 2 rings (SSSR count). The van der Waals surface area contributed by atoms with E-state index in [4.69, 9.17) is 16.3 Å². The first kappa shape index (κ1) is 10.1. The van der Waals surface area contributed by atoms with Gasteiger partial charge in [0.25, 0.3) is 0 Å². The summed E-state index contributed by atoms with van der Waals surface area (Å²) in [6, 6.07) is 4.07. The molecular formula is C10H9ClOS2. The minimum absolute atomic E-state index is 0.424. The van der Waals surface area contributed by atoms with Crippen LogP contribution in [0.2, 0.25) is 0 Å². The highest BCUT2D eigenvalue weighted by molar-refractivity contribution is 7.80. The van der Waals surface area contributed by atoms with Gasteiger partial charge in [0.15, 0.2) is 0 Å². The lowest BCUT2D eigenvalue weighted by Gasteiger charge is -2.09. The van der Waals surface area contributed by atoms with Crippen molar-refractivity contribution in [2.45, 2.75) is 10.8 Å². The number of rotatable bonds is 2. The summed E-state index contributed by atoms with van der Waals surface area (Å²) in [5.74, 6) is 1.28. The highest BCUT2D eigenvalue weighted by Crippen LogP contribution is 2.37. The lowest BCUT2D eigenvalue weighted by molar-refractivity contribution is 0.415. The van der Waals surface area contributed by atoms with Crippen molar-refractivity contribution < 1.29 is 4.74 Å². The molecule has 2 aromatic rings. The first-order valence-corrected chi connectivity index (χ1v) is 5.96. The van der Waals surface area contributed by atoms with E-state index in [0.29, 0.717) is 5.88 Å². The van der Waals surface area contributed by atoms with Crippen molar-refractivity contribution in [3.05, 3.63) is 23.1 Å². The maximum absolute atomic E-state index is 5.86. The molecule has 0 aliphatic rings. The topological polar surface area (TPSA) is 9.23 Å². The van der Waals surface area contributed by atoms with Gasteiger partial charge in [-0.1, -0.05) is 0 Å². The molecule has 0 radical (unpaired) electrons. The molecule has 0 saturated carbocycles. The molecule has 14 heavy (non-hydrogen) atoms. The van der Waals surface area contributed by atoms with Crippen LogP contribution >= 0.6 is 35.6 Å².